The van der Waals surface area contributed by atoms with E-state index in [-0.39, 0.29) is 0 Å². The number of nitrogens with zero attached hydrogens (tertiary/aromatic N) is 1. The van der Waals surface area contributed by atoms with E-state index in [0.29, 0.717) is 17.7 Å². The van der Waals surface area contributed by atoms with Crippen LogP contribution in [-0.2, 0) is 0 Å². The van der Waals surface area contributed by atoms with Gasteiger partial charge in [0.2, 0.25) is 0 Å². The summed E-state index contributed by atoms with van der Waals surface area (Å²) in [6.45, 7) is 5.14. The minimum atomic E-state index is 0.395. The molecule has 78 valence electrons. The molecule has 0 saturated carbocycles. The van der Waals surface area contributed by atoms with Crippen molar-refractivity contribution in [2.45, 2.75) is 19.1 Å². The van der Waals surface area contributed by atoms with Crippen LogP contribution in [0.15, 0.2) is 24.5 Å². The molecule has 0 bridgehead atoms. The van der Waals surface area contributed by atoms with Crippen molar-refractivity contribution in [2.24, 2.45) is 11.7 Å². The number of pyridine rings is 1. The fourth-order valence-corrected chi connectivity index (χ4v) is 2.26. The predicted molar refractivity (Wildman–Crippen MR) is 63.3 cm³/mol. The van der Waals surface area contributed by atoms with Crippen molar-refractivity contribution in [3.63, 3.8) is 0 Å². The molecule has 2 nitrogen and oxygen atoms in total. The molecular weight excluding hydrogens is 192 g/mol. The summed E-state index contributed by atoms with van der Waals surface area (Å²) in [5, 5.41) is 0.395. The Hall–Kier alpha value is -0.540. The second-order valence-electron chi connectivity index (χ2n) is 3.74. The number of rotatable bonds is 5. The molecule has 0 amide bonds. The summed E-state index contributed by atoms with van der Waals surface area (Å²) >= 11 is 1.92. The zero-order valence-corrected chi connectivity index (χ0v) is 9.63. The maximum Gasteiger partial charge on any atom is 0.0434 e. The average Bonchev–Trinajstić information content (AvgIpc) is 2.20. The van der Waals surface area contributed by atoms with Crippen LogP contribution in [0.25, 0.3) is 0 Å². The summed E-state index contributed by atoms with van der Waals surface area (Å²) in [7, 11) is 0. The summed E-state index contributed by atoms with van der Waals surface area (Å²) in [5.41, 5.74) is 6.98. The lowest BCUT2D eigenvalue weighted by Crippen LogP contribution is -2.11. The summed E-state index contributed by atoms with van der Waals surface area (Å²) < 4.78 is 0. The molecule has 0 radical (unpaired) electrons. The SMILES string of the molecule is CC(C)CSC(CN)c1cccnc1. The molecule has 1 heterocycles. The number of thioether (sulfide) groups is 1. The molecule has 1 rings (SSSR count). The van der Waals surface area contributed by atoms with Gasteiger partial charge in [-0.15, -0.1) is 0 Å². The van der Waals surface area contributed by atoms with E-state index in [4.69, 9.17) is 5.73 Å². The number of hydrogen-bond acceptors (Lipinski definition) is 3. The van der Waals surface area contributed by atoms with E-state index in [1.165, 1.54) is 5.56 Å². The third kappa shape index (κ3) is 3.68. The van der Waals surface area contributed by atoms with E-state index in [9.17, 15) is 0 Å². The largest absolute Gasteiger partial charge is 0.329 e. The van der Waals surface area contributed by atoms with E-state index < -0.39 is 0 Å². The topological polar surface area (TPSA) is 38.9 Å². The molecule has 0 aliphatic heterocycles. The van der Waals surface area contributed by atoms with Gasteiger partial charge in [0.1, 0.15) is 0 Å². The van der Waals surface area contributed by atoms with E-state index in [0.717, 1.165) is 5.75 Å². The van der Waals surface area contributed by atoms with Gasteiger partial charge >= 0.3 is 0 Å². The summed E-state index contributed by atoms with van der Waals surface area (Å²) in [6.07, 6.45) is 3.70. The van der Waals surface area contributed by atoms with Gasteiger partial charge in [0.15, 0.2) is 0 Å². The molecule has 0 aromatic carbocycles. The molecule has 1 aromatic rings. The zero-order chi connectivity index (χ0) is 10.4. The minimum Gasteiger partial charge on any atom is -0.329 e. The molecule has 1 atom stereocenters. The highest BCUT2D eigenvalue weighted by Crippen LogP contribution is 2.28. The van der Waals surface area contributed by atoms with E-state index >= 15 is 0 Å². The van der Waals surface area contributed by atoms with Crippen LogP contribution in [0, 0.1) is 5.92 Å². The van der Waals surface area contributed by atoms with Crippen molar-refractivity contribution in [1.82, 2.24) is 4.98 Å². The van der Waals surface area contributed by atoms with Gasteiger partial charge in [0.05, 0.1) is 0 Å². The van der Waals surface area contributed by atoms with Crippen molar-refractivity contribution >= 4 is 11.8 Å². The van der Waals surface area contributed by atoms with E-state index in [1.54, 1.807) is 6.20 Å². The summed E-state index contributed by atoms with van der Waals surface area (Å²) in [5.74, 6) is 1.86. The minimum absolute atomic E-state index is 0.395. The first kappa shape index (κ1) is 11.5. The predicted octanol–water partition coefficient (Wildman–Crippen LogP) is 2.47. The van der Waals surface area contributed by atoms with Crippen LogP contribution in [0.3, 0.4) is 0 Å². The Kier molecular flexibility index (Phi) is 4.98. The van der Waals surface area contributed by atoms with Gasteiger partial charge in [-0.05, 0) is 23.3 Å². The summed E-state index contributed by atoms with van der Waals surface area (Å²) in [6, 6.07) is 4.06. The molecular formula is C11H18N2S. The second-order valence-corrected chi connectivity index (χ2v) is 4.97. The molecule has 2 N–H and O–H groups in total. The van der Waals surface area contributed by atoms with Crippen molar-refractivity contribution in [3.8, 4) is 0 Å². The third-order valence-corrected chi connectivity index (χ3v) is 3.63. The zero-order valence-electron chi connectivity index (χ0n) is 8.81. The van der Waals surface area contributed by atoms with Crippen LogP contribution >= 0.6 is 11.8 Å². The average molecular weight is 210 g/mol. The van der Waals surface area contributed by atoms with Gasteiger partial charge in [-0.25, -0.2) is 0 Å². The fourth-order valence-electron chi connectivity index (χ4n) is 1.18. The Morgan fingerprint density at radius 3 is 2.79 bits per heavy atom. The third-order valence-electron chi connectivity index (χ3n) is 1.90. The molecule has 3 heteroatoms. The van der Waals surface area contributed by atoms with Crippen LogP contribution in [0.5, 0.6) is 0 Å². The normalized spacial score (nSPS) is 13.1. The lowest BCUT2D eigenvalue weighted by atomic mass is 10.2. The Labute approximate surface area is 90.3 Å². The molecule has 14 heavy (non-hydrogen) atoms. The van der Waals surface area contributed by atoms with Crippen LogP contribution < -0.4 is 5.73 Å². The Morgan fingerprint density at radius 1 is 1.50 bits per heavy atom. The first-order chi connectivity index (χ1) is 6.74. The fraction of sp³-hybridized carbons (Fsp3) is 0.545. The Morgan fingerprint density at radius 2 is 2.29 bits per heavy atom. The van der Waals surface area contributed by atoms with Crippen molar-refractivity contribution in [3.05, 3.63) is 30.1 Å². The molecule has 0 aliphatic carbocycles. The Bertz CT molecular complexity index is 249. The molecule has 0 spiro atoms. The van der Waals surface area contributed by atoms with Gasteiger partial charge in [0.25, 0.3) is 0 Å². The van der Waals surface area contributed by atoms with E-state index in [1.807, 2.05) is 24.0 Å². The lowest BCUT2D eigenvalue weighted by molar-refractivity contribution is 0.746. The van der Waals surface area contributed by atoms with Gasteiger partial charge in [-0.2, -0.15) is 11.8 Å². The molecule has 0 aliphatic rings. The smallest absolute Gasteiger partial charge is 0.0434 e. The maximum absolute atomic E-state index is 5.74. The van der Waals surface area contributed by atoms with Gasteiger partial charge < -0.3 is 5.73 Å². The van der Waals surface area contributed by atoms with Gasteiger partial charge in [-0.3, -0.25) is 4.98 Å². The van der Waals surface area contributed by atoms with Crippen LogP contribution in [0.2, 0.25) is 0 Å². The molecule has 0 fully saturated rings. The standard InChI is InChI=1S/C11H18N2S/c1-9(2)8-14-11(6-12)10-4-3-5-13-7-10/h3-5,7,9,11H,6,8,12H2,1-2H3. The molecule has 0 saturated heterocycles. The van der Waals surface area contributed by atoms with Gasteiger partial charge in [-0.1, -0.05) is 19.9 Å². The quantitative estimate of drug-likeness (QED) is 0.811. The Balaban J connectivity index is 2.54. The van der Waals surface area contributed by atoms with Crippen molar-refractivity contribution in [2.75, 3.05) is 12.3 Å². The van der Waals surface area contributed by atoms with Crippen molar-refractivity contribution in [1.29, 1.82) is 0 Å². The van der Waals surface area contributed by atoms with Crippen molar-refractivity contribution < 1.29 is 0 Å². The molecule has 1 unspecified atom stereocenters. The monoisotopic (exact) mass is 210 g/mol. The van der Waals surface area contributed by atoms with E-state index in [2.05, 4.69) is 24.9 Å². The summed E-state index contributed by atoms with van der Waals surface area (Å²) in [4.78, 5) is 4.11. The maximum atomic E-state index is 5.74. The number of hydrogen-bond donors (Lipinski definition) is 1. The highest BCUT2D eigenvalue weighted by Gasteiger charge is 2.10. The lowest BCUT2D eigenvalue weighted by Gasteiger charge is -2.15. The highest BCUT2D eigenvalue weighted by atomic mass is 32.2. The van der Waals surface area contributed by atoms with Crippen LogP contribution in [0.1, 0.15) is 24.7 Å². The van der Waals surface area contributed by atoms with Gasteiger partial charge in [0, 0.05) is 24.2 Å². The first-order valence-corrected chi connectivity index (χ1v) is 6.00. The molecule has 1 aromatic heterocycles. The van der Waals surface area contributed by atoms with Crippen LogP contribution in [0.4, 0.5) is 0 Å². The number of aromatic nitrogens is 1. The number of nitrogens with two attached hydrogens (primary N) is 1. The first-order valence-electron chi connectivity index (χ1n) is 4.95. The second kappa shape index (κ2) is 6.04. The highest BCUT2D eigenvalue weighted by molar-refractivity contribution is 7.99. The van der Waals surface area contributed by atoms with Crippen LogP contribution in [-0.4, -0.2) is 17.3 Å².